The highest BCUT2D eigenvalue weighted by molar-refractivity contribution is 7.10. The molecule has 1 aliphatic heterocycles. The third kappa shape index (κ3) is 3.80. The Morgan fingerprint density at radius 2 is 1.87 bits per heavy atom. The van der Waals surface area contributed by atoms with Crippen LogP contribution < -0.4 is 9.47 Å². The van der Waals surface area contributed by atoms with Gasteiger partial charge in [0.05, 0.1) is 20.3 Å². The first-order valence-electron chi connectivity index (χ1n) is 10.1. The van der Waals surface area contributed by atoms with Gasteiger partial charge in [0.15, 0.2) is 11.5 Å². The van der Waals surface area contributed by atoms with Crippen LogP contribution in [0.1, 0.15) is 22.0 Å². The Labute approximate surface area is 184 Å². The molecule has 158 valence electrons. The van der Waals surface area contributed by atoms with Gasteiger partial charge in [-0.05, 0) is 52.4 Å². The highest BCUT2D eigenvalue weighted by atomic mass is 32.1. The fourth-order valence-corrected chi connectivity index (χ4v) is 5.01. The molecule has 3 heterocycles. The van der Waals surface area contributed by atoms with Gasteiger partial charge in [-0.15, -0.1) is 26.3 Å². The van der Waals surface area contributed by atoms with Gasteiger partial charge in [-0.1, -0.05) is 30.3 Å². The van der Waals surface area contributed by atoms with Crippen molar-refractivity contribution in [3.8, 4) is 22.9 Å². The van der Waals surface area contributed by atoms with Crippen molar-refractivity contribution in [1.82, 2.24) is 25.1 Å². The molecule has 4 aromatic rings. The molecule has 8 heteroatoms. The number of ether oxygens (including phenoxy) is 2. The summed E-state index contributed by atoms with van der Waals surface area (Å²) in [4.78, 5) is 5.53. The summed E-state index contributed by atoms with van der Waals surface area (Å²) in [5, 5.41) is 15.4. The molecule has 1 aliphatic rings. The molecule has 0 unspecified atom stereocenters. The molecule has 7 nitrogen and oxygen atoms in total. The van der Waals surface area contributed by atoms with Gasteiger partial charge in [0, 0.05) is 17.0 Å². The number of aromatic nitrogens is 4. The maximum atomic E-state index is 5.40. The molecule has 0 bridgehead atoms. The number of tetrazole rings is 1. The normalized spacial score (nSPS) is 16.1. The molecule has 0 N–H and O–H groups in total. The molecule has 2 aromatic heterocycles. The van der Waals surface area contributed by atoms with E-state index in [1.165, 1.54) is 16.0 Å². The van der Waals surface area contributed by atoms with Crippen molar-refractivity contribution < 1.29 is 9.47 Å². The number of fused-ring (bicyclic) bond motifs is 1. The second-order valence-corrected chi connectivity index (χ2v) is 8.37. The Bertz CT molecular complexity index is 1170. The first-order chi connectivity index (χ1) is 15.3. The van der Waals surface area contributed by atoms with E-state index in [-0.39, 0.29) is 6.04 Å². The largest absolute Gasteiger partial charge is 0.493 e. The quantitative estimate of drug-likeness (QED) is 0.458. The molecule has 31 heavy (non-hydrogen) atoms. The zero-order valence-corrected chi connectivity index (χ0v) is 18.2. The van der Waals surface area contributed by atoms with Gasteiger partial charge in [-0.3, -0.25) is 4.90 Å². The summed E-state index contributed by atoms with van der Waals surface area (Å²) in [7, 11) is 3.23. The van der Waals surface area contributed by atoms with Gasteiger partial charge >= 0.3 is 0 Å². The Morgan fingerprint density at radius 1 is 1.03 bits per heavy atom. The monoisotopic (exact) mass is 433 g/mol. The first kappa shape index (κ1) is 19.7. The van der Waals surface area contributed by atoms with Crippen LogP contribution in [0.2, 0.25) is 0 Å². The second kappa shape index (κ2) is 8.49. The van der Waals surface area contributed by atoms with E-state index >= 15 is 0 Å². The Kier molecular flexibility index (Phi) is 5.40. The van der Waals surface area contributed by atoms with Gasteiger partial charge < -0.3 is 9.47 Å². The number of rotatable bonds is 6. The van der Waals surface area contributed by atoms with E-state index in [2.05, 4.69) is 62.1 Å². The molecule has 0 fully saturated rings. The minimum atomic E-state index is 0.187. The average Bonchev–Trinajstić information content (AvgIpc) is 3.49. The van der Waals surface area contributed by atoms with Crippen LogP contribution in [0.3, 0.4) is 0 Å². The van der Waals surface area contributed by atoms with Gasteiger partial charge in [0.2, 0.25) is 5.82 Å². The van der Waals surface area contributed by atoms with Crippen LogP contribution in [-0.4, -0.2) is 45.9 Å². The summed E-state index contributed by atoms with van der Waals surface area (Å²) in [6.07, 6.45) is 1.04. The van der Waals surface area contributed by atoms with E-state index in [4.69, 9.17) is 9.47 Å². The number of nitrogens with zero attached hydrogens (tertiary/aromatic N) is 5. The van der Waals surface area contributed by atoms with Crippen molar-refractivity contribution in [2.45, 2.75) is 19.1 Å². The topological polar surface area (TPSA) is 65.3 Å². The number of thiophene rings is 1. The Hall–Kier alpha value is -3.23. The van der Waals surface area contributed by atoms with Crippen molar-refractivity contribution in [2.75, 3.05) is 20.8 Å². The van der Waals surface area contributed by atoms with Crippen LogP contribution in [0.5, 0.6) is 11.5 Å². The lowest BCUT2D eigenvalue weighted by molar-refractivity contribution is 0.146. The van der Waals surface area contributed by atoms with Crippen LogP contribution in [0.15, 0.2) is 60.0 Å². The summed E-state index contributed by atoms with van der Waals surface area (Å²) in [5.41, 5.74) is 3.49. The minimum absolute atomic E-state index is 0.187. The molecule has 0 saturated heterocycles. The van der Waals surface area contributed by atoms with Crippen LogP contribution in [-0.2, 0) is 13.1 Å². The molecular weight excluding hydrogens is 410 g/mol. The molecule has 0 spiro atoms. The van der Waals surface area contributed by atoms with Crippen LogP contribution in [0.25, 0.3) is 11.4 Å². The molecule has 0 radical (unpaired) electrons. The lowest BCUT2D eigenvalue weighted by atomic mass is 9.94. The fraction of sp³-hybridized carbons (Fsp3) is 0.261. The van der Waals surface area contributed by atoms with E-state index in [0.29, 0.717) is 24.0 Å². The summed E-state index contributed by atoms with van der Waals surface area (Å²) in [5.74, 6) is 1.87. The first-order valence-corrected chi connectivity index (χ1v) is 11.0. The van der Waals surface area contributed by atoms with E-state index in [9.17, 15) is 0 Å². The highest BCUT2D eigenvalue weighted by Crippen LogP contribution is 2.38. The van der Waals surface area contributed by atoms with Gasteiger partial charge in [-0.25, -0.2) is 0 Å². The fourth-order valence-electron chi connectivity index (χ4n) is 4.10. The van der Waals surface area contributed by atoms with E-state index in [0.717, 1.165) is 18.5 Å². The van der Waals surface area contributed by atoms with Gasteiger partial charge in [0.1, 0.15) is 6.67 Å². The standard InChI is InChI=1S/C23H23N5O2S/c1-29-19-9-8-17(14-20(19)30-2)23-24-26-28(25-23)15-27-12-10-21-18(11-13-31-21)22(27)16-6-4-3-5-7-16/h3-9,11,13-14,22H,10,12,15H2,1-2H3/t22-/m1/s1. The summed E-state index contributed by atoms with van der Waals surface area (Å²) in [6, 6.07) is 18.7. The third-order valence-electron chi connectivity index (χ3n) is 5.58. The molecule has 5 rings (SSSR count). The van der Waals surface area contributed by atoms with Crippen LogP contribution >= 0.6 is 11.3 Å². The second-order valence-electron chi connectivity index (χ2n) is 7.37. The molecule has 0 amide bonds. The summed E-state index contributed by atoms with van der Waals surface area (Å²) >= 11 is 1.84. The Balaban J connectivity index is 1.42. The van der Waals surface area contributed by atoms with Gasteiger partial charge in [0.25, 0.3) is 0 Å². The van der Waals surface area contributed by atoms with Crippen molar-refractivity contribution in [3.63, 3.8) is 0 Å². The van der Waals surface area contributed by atoms with E-state index < -0.39 is 0 Å². The molecule has 2 aromatic carbocycles. The number of hydrogen-bond donors (Lipinski definition) is 0. The zero-order valence-electron chi connectivity index (χ0n) is 17.4. The molecule has 1 atom stereocenters. The maximum absolute atomic E-state index is 5.40. The molecule has 0 aliphatic carbocycles. The average molecular weight is 434 g/mol. The predicted octanol–water partition coefficient (Wildman–Crippen LogP) is 4.02. The minimum Gasteiger partial charge on any atom is -0.493 e. The van der Waals surface area contributed by atoms with Crippen molar-refractivity contribution in [3.05, 3.63) is 76.0 Å². The molecular formula is C23H23N5O2S. The lowest BCUT2D eigenvalue weighted by Crippen LogP contribution is -2.37. The van der Waals surface area contributed by atoms with Crippen LogP contribution in [0.4, 0.5) is 0 Å². The number of methoxy groups -OCH3 is 2. The third-order valence-corrected chi connectivity index (χ3v) is 6.58. The summed E-state index contributed by atoms with van der Waals surface area (Å²) in [6.45, 7) is 1.51. The number of hydrogen-bond acceptors (Lipinski definition) is 7. The van der Waals surface area contributed by atoms with E-state index in [1.54, 1.807) is 19.0 Å². The summed E-state index contributed by atoms with van der Waals surface area (Å²) < 4.78 is 10.7. The highest BCUT2D eigenvalue weighted by Gasteiger charge is 2.30. The number of benzene rings is 2. The maximum Gasteiger partial charge on any atom is 0.205 e. The van der Waals surface area contributed by atoms with E-state index in [1.807, 2.05) is 29.5 Å². The SMILES string of the molecule is COc1ccc(-c2nnn(CN3CCc4sccc4[C@H]3c3ccccc3)n2)cc1OC. The molecule has 0 saturated carbocycles. The Morgan fingerprint density at radius 3 is 2.68 bits per heavy atom. The predicted molar refractivity (Wildman–Crippen MR) is 119 cm³/mol. The van der Waals surface area contributed by atoms with Gasteiger partial charge in [-0.2, -0.15) is 0 Å². The van der Waals surface area contributed by atoms with Crippen molar-refractivity contribution in [2.24, 2.45) is 0 Å². The van der Waals surface area contributed by atoms with Crippen molar-refractivity contribution in [1.29, 1.82) is 0 Å². The van der Waals surface area contributed by atoms with Crippen LogP contribution in [0, 0.1) is 0 Å². The smallest absolute Gasteiger partial charge is 0.205 e. The zero-order chi connectivity index (χ0) is 21.2. The van der Waals surface area contributed by atoms with Crippen molar-refractivity contribution >= 4 is 11.3 Å². The lowest BCUT2D eigenvalue weighted by Gasteiger charge is -2.35.